The van der Waals surface area contributed by atoms with Crippen LogP contribution in [0.25, 0.3) is 0 Å². The summed E-state index contributed by atoms with van der Waals surface area (Å²) in [7, 11) is -2.91. The van der Waals surface area contributed by atoms with E-state index < -0.39 is 8.80 Å². The fourth-order valence-electron chi connectivity index (χ4n) is 1.42. The summed E-state index contributed by atoms with van der Waals surface area (Å²) in [5.41, 5.74) is 2.11. The second-order valence-electron chi connectivity index (χ2n) is 3.45. The largest absolute Gasteiger partial charge is 0.530 e. The third-order valence-electron chi connectivity index (χ3n) is 2.03. The van der Waals surface area contributed by atoms with Gasteiger partial charge in [0.2, 0.25) is 0 Å². The number of ether oxygens (including phenoxy) is 1. The molecule has 0 spiro atoms. The monoisotopic (exact) mass is 276 g/mol. The molecule has 0 saturated heterocycles. The van der Waals surface area contributed by atoms with E-state index in [1.54, 1.807) is 19.5 Å². The Morgan fingerprint density at radius 1 is 0.944 bits per heavy atom. The highest BCUT2D eigenvalue weighted by Gasteiger charge is 2.39. The Kier molecular flexibility index (Phi) is 8.91. The van der Waals surface area contributed by atoms with Gasteiger partial charge in [-0.3, -0.25) is 0 Å². The molecule has 0 aromatic carbocycles. The SMILES string of the molecule is CCOC(=O)C(C)=C[Si](OCC)(OCC)OCC. The van der Waals surface area contributed by atoms with Crippen molar-refractivity contribution in [1.82, 2.24) is 0 Å². The second kappa shape index (κ2) is 9.27. The van der Waals surface area contributed by atoms with Crippen molar-refractivity contribution in [2.75, 3.05) is 26.4 Å². The van der Waals surface area contributed by atoms with Crippen LogP contribution in [0.4, 0.5) is 0 Å². The average molecular weight is 276 g/mol. The standard InChI is InChI=1S/C12H24O5Si/c1-6-14-12(13)11(5)10-18(15-7-2,16-8-3)17-9-4/h10H,6-9H2,1-5H3. The van der Waals surface area contributed by atoms with Crippen LogP contribution >= 0.6 is 0 Å². The zero-order valence-electron chi connectivity index (χ0n) is 11.9. The normalized spacial score (nSPS) is 12.6. The fourth-order valence-corrected chi connectivity index (χ4v) is 3.78. The number of carbonyl (C=O) groups excluding carboxylic acids is 1. The molecule has 0 atom stereocenters. The Morgan fingerprint density at radius 3 is 1.72 bits per heavy atom. The molecule has 6 heteroatoms. The van der Waals surface area contributed by atoms with E-state index in [2.05, 4.69) is 0 Å². The van der Waals surface area contributed by atoms with E-state index in [0.29, 0.717) is 32.0 Å². The van der Waals surface area contributed by atoms with Crippen LogP contribution in [0.2, 0.25) is 0 Å². The highest BCUT2D eigenvalue weighted by atomic mass is 28.4. The first-order chi connectivity index (χ1) is 8.55. The van der Waals surface area contributed by atoms with Crippen LogP contribution in [-0.2, 0) is 22.8 Å². The van der Waals surface area contributed by atoms with Gasteiger partial charge in [0.05, 0.1) is 6.61 Å². The molecule has 0 aliphatic carbocycles. The van der Waals surface area contributed by atoms with E-state index in [9.17, 15) is 4.79 Å². The Labute approximate surface area is 110 Å². The third-order valence-corrected chi connectivity index (χ3v) is 4.89. The summed E-state index contributed by atoms with van der Waals surface area (Å²) < 4.78 is 21.8. The van der Waals surface area contributed by atoms with E-state index in [-0.39, 0.29) is 5.97 Å². The summed E-state index contributed by atoms with van der Waals surface area (Å²) in [5, 5.41) is 0. The molecule has 0 radical (unpaired) electrons. The van der Waals surface area contributed by atoms with Crippen molar-refractivity contribution < 1.29 is 22.8 Å². The van der Waals surface area contributed by atoms with E-state index >= 15 is 0 Å². The lowest BCUT2D eigenvalue weighted by Crippen LogP contribution is -2.45. The first-order valence-corrected chi connectivity index (χ1v) is 8.13. The van der Waals surface area contributed by atoms with Gasteiger partial charge in [-0.1, -0.05) is 0 Å². The lowest BCUT2D eigenvalue weighted by Gasteiger charge is -2.25. The van der Waals surface area contributed by atoms with Gasteiger partial charge in [0.25, 0.3) is 0 Å². The summed E-state index contributed by atoms with van der Waals surface area (Å²) in [6.07, 6.45) is 0. The first-order valence-electron chi connectivity index (χ1n) is 6.33. The molecule has 0 aromatic heterocycles. The van der Waals surface area contributed by atoms with E-state index in [1.807, 2.05) is 20.8 Å². The van der Waals surface area contributed by atoms with Crippen LogP contribution in [0.5, 0.6) is 0 Å². The smallest absolute Gasteiger partial charge is 0.463 e. The maximum absolute atomic E-state index is 11.6. The molecule has 0 rings (SSSR count). The molecule has 0 fully saturated rings. The topological polar surface area (TPSA) is 54.0 Å². The van der Waals surface area contributed by atoms with Crippen LogP contribution < -0.4 is 0 Å². The van der Waals surface area contributed by atoms with Crippen molar-refractivity contribution in [3.63, 3.8) is 0 Å². The molecule has 0 aliphatic heterocycles. The highest BCUT2D eigenvalue weighted by Crippen LogP contribution is 2.15. The molecule has 0 unspecified atom stereocenters. The van der Waals surface area contributed by atoms with Crippen molar-refractivity contribution in [2.45, 2.75) is 34.6 Å². The van der Waals surface area contributed by atoms with Crippen LogP contribution in [0.3, 0.4) is 0 Å². The molecule has 0 amide bonds. The molecule has 0 N–H and O–H groups in total. The van der Waals surface area contributed by atoms with Crippen molar-refractivity contribution in [2.24, 2.45) is 0 Å². The van der Waals surface area contributed by atoms with Gasteiger partial charge in [-0.25, -0.2) is 4.79 Å². The van der Waals surface area contributed by atoms with Gasteiger partial charge in [0, 0.05) is 25.4 Å². The molecular formula is C12H24O5Si. The lowest BCUT2D eigenvalue weighted by atomic mass is 10.4. The van der Waals surface area contributed by atoms with Gasteiger partial charge < -0.3 is 18.0 Å². The fraction of sp³-hybridized carbons (Fsp3) is 0.750. The van der Waals surface area contributed by atoms with E-state index in [0.717, 1.165) is 0 Å². The predicted octanol–water partition coefficient (Wildman–Crippen LogP) is 2.08. The van der Waals surface area contributed by atoms with Gasteiger partial charge >= 0.3 is 14.8 Å². The average Bonchev–Trinajstić information content (AvgIpc) is 2.30. The quantitative estimate of drug-likeness (QED) is 0.367. The summed E-state index contributed by atoms with van der Waals surface area (Å²) >= 11 is 0. The Morgan fingerprint density at radius 2 is 1.39 bits per heavy atom. The maximum Gasteiger partial charge on any atom is 0.530 e. The molecule has 0 aliphatic rings. The highest BCUT2D eigenvalue weighted by molar-refractivity contribution is 6.66. The van der Waals surface area contributed by atoms with Crippen LogP contribution in [0.15, 0.2) is 11.3 Å². The molecule has 0 heterocycles. The minimum atomic E-state index is -2.91. The van der Waals surface area contributed by atoms with Crippen molar-refractivity contribution in [3.8, 4) is 0 Å². The van der Waals surface area contributed by atoms with Gasteiger partial charge in [-0.15, -0.1) is 0 Å². The number of hydrogen-bond acceptors (Lipinski definition) is 5. The van der Waals surface area contributed by atoms with Gasteiger partial charge in [-0.05, 0) is 40.3 Å². The Hall–Kier alpha value is -0.693. The molecule has 0 aromatic rings. The second-order valence-corrected chi connectivity index (χ2v) is 5.81. The number of hydrogen-bond donors (Lipinski definition) is 0. The molecule has 5 nitrogen and oxygen atoms in total. The maximum atomic E-state index is 11.6. The number of rotatable bonds is 9. The van der Waals surface area contributed by atoms with Crippen LogP contribution in [-0.4, -0.2) is 41.2 Å². The molecule has 18 heavy (non-hydrogen) atoms. The molecule has 0 bridgehead atoms. The van der Waals surface area contributed by atoms with Crippen LogP contribution in [0.1, 0.15) is 34.6 Å². The van der Waals surface area contributed by atoms with Gasteiger partial charge in [0.1, 0.15) is 0 Å². The number of carbonyl (C=O) groups is 1. The van der Waals surface area contributed by atoms with E-state index in [1.165, 1.54) is 0 Å². The Balaban J connectivity index is 5.03. The van der Waals surface area contributed by atoms with Gasteiger partial charge in [0.15, 0.2) is 0 Å². The van der Waals surface area contributed by atoms with Crippen molar-refractivity contribution >= 4 is 14.8 Å². The predicted molar refractivity (Wildman–Crippen MR) is 71.0 cm³/mol. The molecular weight excluding hydrogens is 252 g/mol. The lowest BCUT2D eigenvalue weighted by molar-refractivity contribution is -0.138. The Bertz CT molecular complexity index is 261. The summed E-state index contributed by atoms with van der Waals surface area (Å²) in [5.74, 6) is -0.367. The van der Waals surface area contributed by atoms with Crippen molar-refractivity contribution in [3.05, 3.63) is 11.3 Å². The minimum absolute atomic E-state index is 0.344. The summed E-state index contributed by atoms with van der Waals surface area (Å²) in [6, 6.07) is 0. The van der Waals surface area contributed by atoms with Gasteiger partial charge in [-0.2, -0.15) is 0 Å². The van der Waals surface area contributed by atoms with Crippen molar-refractivity contribution in [1.29, 1.82) is 0 Å². The zero-order chi connectivity index (χ0) is 14.0. The number of esters is 1. The molecule has 106 valence electrons. The summed E-state index contributed by atoms with van der Waals surface area (Å²) in [4.78, 5) is 11.6. The summed E-state index contributed by atoms with van der Waals surface area (Å²) in [6.45, 7) is 10.8. The van der Waals surface area contributed by atoms with E-state index in [4.69, 9.17) is 18.0 Å². The molecule has 0 saturated carbocycles. The first kappa shape index (κ1) is 17.3. The third kappa shape index (κ3) is 5.77. The minimum Gasteiger partial charge on any atom is -0.463 e. The van der Waals surface area contributed by atoms with Crippen LogP contribution in [0, 0.1) is 0 Å². The zero-order valence-corrected chi connectivity index (χ0v) is 12.9.